The largest absolute Gasteiger partial charge is 0.343 e. The summed E-state index contributed by atoms with van der Waals surface area (Å²) in [6, 6.07) is 1.93. The van der Waals surface area contributed by atoms with E-state index in [2.05, 4.69) is 20.4 Å². The lowest BCUT2D eigenvalue weighted by Gasteiger charge is -2.37. The maximum atomic E-state index is 13.2. The van der Waals surface area contributed by atoms with Crippen molar-refractivity contribution in [1.29, 1.82) is 0 Å². The second-order valence-electron chi connectivity index (χ2n) is 7.94. The van der Waals surface area contributed by atoms with E-state index in [0.717, 1.165) is 28.3 Å². The zero-order valence-corrected chi connectivity index (χ0v) is 17.1. The number of likely N-dealkylation sites (N-methyl/N-ethyl adjacent to an activating group) is 1. The molecule has 1 fully saturated rings. The van der Waals surface area contributed by atoms with Gasteiger partial charge in [0.15, 0.2) is 5.65 Å². The van der Waals surface area contributed by atoms with Gasteiger partial charge in [-0.1, -0.05) is 0 Å². The zero-order chi connectivity index (χ0) is 21.0. The number of pyridine rings is 1. The number of nitrogens with one attached hydrogen (secondary N) is 1. The van der Waals surface area contributed by atoms with Crippen LogP contribution in [0.2, 0.25) is 0 Å². The lowest BCUT2D eigenvalue weighted by Crippen LogP contribution is -2.49. The van der Waals surface area contributed by atoms with Crippen molar-refractivity contribution in [1.82, 2.24) is 29.5 Å². The Kier molecular flexibility index (Phi) is 3.99. The lowest BCUT2D eigenvalue weighted by molar-refractivity contribution is -0.133. The minimum absolute atomic E-state index is 0.0207. The molecule has 5 rings (SSSR count). The number of rotatable bonds is 2. The summed E-state index contributed by atoms with van der Waals surface area (Å²) in [7, 11) is 1.76. The Labute approximate surface area is 172 Å². The Morgan fingerprint density at radius 1 is 1.23 bits per heavy atom. The Bertz CT molecular complexity index is 1180. The molecule has 5 heterocycles. The molecule has 3 aromatic heterocycles. The lowest BCUT2D eigenvalue weighted by atomic mass is 9.76. The quantitative estimate of drug-likeness (QED) is 0.686. The second kappa shape index (κ2) is 6.48. The molecule has 3 aromatic rings. The molecule has 1 N–H and O–H groups in total. The smallest absolute Gasteiger partial charge is 0.239 e. The van der Waals surface area contributed by atoms with Crippen LogP contribution in [-0.2, 0) is 15.0 Å². The SMILES string of the molecule is CC(=O)N1CCC2(CC1)C(=O)N(C)c1cnc(Nc3cn4ncnc4cc3C)nc12. The van der Waals surface area contributed by atoms with Crippen molar-refractivity contribution in [2.75, 3.05) is 30.4 Å². The summed E-state index contributed by atoms with van der Waals surface area (Å²) in [5.74, 6) is 0.480. The van der Waals surface area contributed by atoms with Crippen LogP contribution in [0.3, 0.4) is 0 Å². The predicted molar refractivity (Wildman–Crippen MR) is 110 cm³/mol. The number of aromatic nitrogens is 5. The first-order valence-corrected chi connectivity index (χ1v) is 9.87. The Hall–Kier alpha value is -3.56. The molecular weight excluding hydrogens is 384 g/mol. The van der Waals surface area contributed by atoms with E-state index in [-0.39, 0.29) is 11.8 Å². The number of hydrogen-bond acceptors (Lipinski definition) is 7. The predicted octanol–water partition coefficient (Wildman–Crippen LogP) is 1.43. The second-order valence-corrected chi connectivity index (χ2v) is 7.94. The number of amides is 2. The molecule has 10 nitrogen and oxygen atoms in total. The van der Waals surface area contributed by atoms with Crippen molar-refractivity contribution >= 4 is 34.8 Å². The number of fused-ring (bicyclic) bond motifs is 3. The van der Waals surface area contributed by atoms with Crippen LogP contribution in [-0.4, -0.2) is 61.4 Å². The van der Waals surface area contributed by atoms with Crippen LogP contribution in [0.4, 0.5) is 17.3 Å². The van der Waals surface area contributed by atoms with E-state index < -0.39 is 5.41 Å². The molecule has 1 saturated heterocycles. The van der Waals surface area contributed by atoms with Gasteiger partial charge in [-0.05, 0) is 31.4 Å². The Morgan fingerprint density at radius 2 is 2.00 bits per heavy atom. The van der Waals surface area contributed by atoms with Gasteiger partial charge in [0.1, 0.15) is 6.33 Å². The third-order valence-corrected chi connectivity index (χ3v) is 6.23. The summed E-state index contributed by atoms with van der Waals surface area (Å²) in [6.07, 6.45) is 6.15. The van der Waals surface area contributed by atoms with Crippen LogP contribution in [0.15, 0.2) is 24.8 Å². The molecule has 2 aliphatic heterocycles. The number of likely N-dealkylation sites (tertiary alicyclic amines) is 1. The van der Waals surface area contributed by atoms with Crippen molar-refractivity contribution in [3.8, 4) is 0 Å². The average molecular weight is 406 g/mol. The summed E-state index contributed by atoms with van der Waals surface area (Å²) >= 11 is 0. The van der Waals surface area contributed by atoms with Crippen molar-refractivity contribution in [2.45, 2.75) is 32.1 Å². The molecular formula is C20H22N8O2. The van der Waals surface area contributed by atoms with Gasteiger partial charge in [-0.15, -0.1) is 0 Å². The van der Waals surface area contributed by atoms with Gasteiger partial charge < -0.3 is 15.1 Å². The van der Waals surface area contributed by atoms with Gasteiger partial charge in [-0.2, -0.15) is 5.10 Å². The van der Waals surface area contributed by atoms with E-state index in [4.69, 9.17) is 4.98 Å². The normalized spacial score (nSPS) is 17.6. The van der Waals surface area contributed by atoms with Crippen LogP contribution >= 0.6 is 0 Å². The Morgan fingerprint density at radius 3 is 2.73 bits per heavy atom. The maximum absolute atomic E-state index is 13.2. The standard InChI is InChI=1S/C20H22N8O2/c1-12-8-16-22-11-23-28(16)10-14(12)24-19-21-9-15-17(25-19)20(18(30)26(15)3)4-6-27(7-5-20)13(2)29/h8-11H,4-7H2,1-3H3,(H,21,24,25). The summed E-state index contributed by atoms with van der Waals surface area (Å²) in [5.41, 5.74) is 3.31. The molecule has 2 amide bonds. The number of hydrogen-bond donors (Lipinski definition) is 1. The fraction of sp³-hybridized carbons (Fsp3) is 0.400. The Balaban J connectivity index is 1.50. The summed E-state index contributed by atoms with van der Waals surface area (Å²) < 4.78 is 1.68. The first-order chi connectivity index (χ1) is 14.4. The molecule has 0 unspecified atom stereocenters. The minimum Gasteiger partial charge on any atom is -0.343 e. The molecule has 154 valence electrons. The summed E-state index contributed by atoms with van der Waals surface area (Å²) in [6.45, 7) is 4.63. The molecule has 0 atom stereocenters. The van der Waals surface area contributed by atoms with Gasteiger partial charge in [0, 0.05) is 27.1 Å². The van der Waals surface area contributed by atoms with Crippen LogP contribution in [0, 0.1) is 6.92 Å². The molecule has 0 radical (unpaired) electrons. The van der Waals surface area contributed by atoms with E-state index in [1.54, 1.807) is 34.5 Å². The van der Waals surface area contributed by atoms with Gasteiger partial charge >= 0.3 is 0 Å². The van der Waals surface area contributed by atoms with Crippen molar-refractivity contribution in [3.63, 3.8) is 0 Å². The number of aryl methyl sites for hydroxylation is 1. The van der Waals surface area contributed by atoms with Gasteiger partial charge in [0.25, 0.3) is 0 Å². The molecule has 2 aliphatic rings. The maximum Gasteiger partial charge on any atom is 0.239 e. The van der Waals surface area contributed by atoms with Gasteiger partial charge in [0.05, 0.1) is 34.9 Å². The molecule has 0 saturated carbocycles. The van der Waals surface area contributed by atoms with Crippen LogP contribution < -0.4 is 10.2 Å². The van der Waals surface area contributed by atoms with Gasteiger partial charge in [0.2, 0.25) is 17.8 Å². The summed E-state index contributed by atoms with van der Waals surface area (Å²) in [5, 5.41) is 7.43. The zero-order valence-electron chi connectivity index (χ0n) is 17.1. The topological polar surface area (TPSA) is 109 Å². The monoisotopic (exact) mass is 406 g/mol. The number of carbonyl (C=O) groups excluding carboxylic acids is 2. The number of anilines is 3. The van der Waals surface area contributed by atoms with Crippen LogP contribution in [0.25, 0.3) is 5.65 Å². The third kappa shape index (κ3) is 2.63. The number of nitrogens with zero attached hydrogens (tertiary/aromatic N) is 7. The van der Waals surface area contributed by atoms with Crippen LogP contribution in [0.5, 0.6) is 0 Å². The van der Waals surface area contributed by atoms with E-state index >= 15 is 0 Å². The number of carbonyl (C=O) groups is 2. The highest BCUT2D eigenvalue weighted by atomic mass is 16.2. The highest BCUT2D eigenvalue weighted by molar-refractivity contribution is 6.07. The van der Waals surface area contributed by atoms with E-state index in [0.29, 0.717) is 31.9 Å². The molecule has 1 spiro atoms. The molecule has 10 heteroatoms. The number of piperidine rings is 1. The van der Waals surface area contributed by atoms with E-state index in [9.17, 15) is 9.59 Å². The molecule has 30 heavy (non-hydrogen) atoms. The van der Waals surface area contributed by atoms with E-state index in [1.165, 1.54) is 6.33 Å². The van der Waals surface area contributed by atoms with Crippen molar-refractivity contribution in [3.05, 3.63) is 36.0 Å². The fourth-order valence-electron chi connectivity index (χ4n) is 4.43. The first kappa shape index (κ1) is 18.5. The minimum atomic E-state index is -0.708. The van der Waals surface area contributed by atoms with Gasteiger partial charge in [-0.3, -0.25) is 9.59 Å². The summed E-state index contributed by atoms with van der Waals surface area (Å²) in [4.78, 5) is 41.7. The van der Waals surface area contributed by atoms with Crippen molar-refractivity contribution < 1.29 is 9.59 Å². The molecule has 0 aromatic carbocycles. The van der Waals surface area contributed by atoms with Gasteiger partial charge in [-0.25, -0.2) is 19.5 Å². The third-order valence-electron chi connectivity index (χ3n) is 6.23. The van der Waals surface area contributed by atoms with E-state index in [1.807, 2.05) is 19.2 Å². The molecule has 0 aliphatic carbocycles. The fourth-order valence-corrected chi connectivity index (χ4v) is 4.43. The van der Waals surface area contributed by atoms with Crippen LogP contribution in [0.1, 0.15) is 31.0 Å². The first-order valence-electron chi connectivity index (χ1n) is 9.87. The average Bonchev–Trinajstić information content (AvgIpc) is 3.26. The highest BCUT2D eigenvalue weighted by Gasteiger charge is 2.53. The molecule has 0 bridgehead atoms. The van der Waals surface area contributed by atoms with Crippen molar-refractivity contribution in [2.24, 2.45) is 0 Å². The highest BCUT2D eigenvalue weighted by Crippen LogP contribution is 2.46.